The number of hydrogen-bond acceptors (Lipinski definition) is 5. The third-order valence-corrected chi connectivity index (χ3v) is 5.35. The number of amides is 2. The Bertz CT molecular complexity index is 698. The monoisotopic (exact) mass is 344 g/mol. The Hall–Kier alpha value is -2.28. The molecule has 0 aliphatic carbocycles. The molecule has 3 heterocycles. The largest absolute Gasteiger partial charge is 0.493 e. The van der Waals surface area contributed by atoms with Gasteiger partial charge in [-0.05, 0) is 6.07 Å². The quantitative estimate of drug-likeness (QED) is 0.909. The van der Waals surface area contributed by atoms with Gasteiger partial charge in [-0.2, -0.15) is 0 Å². The molecule has 2 amide bonds. The number of benzene rings is 1. The molecule has 1 N–H and O–H groups in total. The second-order valence-electron chi connectivity index (χ2n) is 5.97. The molecule has 7 heteroatoms. The summed E-state index contributed by atoms with van der Waals surface area (Å²) in [6.45, 7) is 3.73. The minimum Gasteiger partial charge on any atom is -0.493 e. The number of anilines is 1. The minimum atomic E-state index is 0.00971. The van der Waals surface area contributed by atoms with Crippen molar-refractivity contribution in [1.29, 1.82) is 0 Å². The molecule has 0 bridgehead atoms. The van der Waals surface area contributed by atoms with Crippen LogP contribution in [0, 0.1) is 0 Å². The molecule has 4 rings (SSSR count). The predicted octanol–water partition coefficient (Wildman–Crippen LogP) is 2.50. The molecule has 2 aliphatic rings. The minimum absolute atomic E-state index is 0.00971. The number of fused-ring (bicyclic) bond motifs is 1. The first-order chi connectivity index (χ1) is 11.8. The van der Waals surface area contributed by atoms with Crippen LogP contribution in [0.1, 0.15) is 18.0 Å². The van der Waals surface area contributed by atoms with E-state index in [2.05, 4.69) is 15.2 Å². The third kappa shape index (κ3) is 3.03. The van der Waals surface area contributed by atoms with Crippen LogP contribution in [0.25, 0.3) is 0 Å². The van der Waals surface area contributed by atoms with Crippen molar-refractivity contribution in [2.75, 3.05) is 37.7 Å². The van der Waals surface area contributed by atoms with Gasteiger partial charge < -0.3 is 19.9 Å². The summed E-state index contributed by atoms with van der Waals surface area (Å²) in [6, 6.07) is 7.97. The number of para-hydroxylation sites is 1. The normalized spacial score (nSPS) is 20.2. The van der Waals surface area contributed by atoms with Gasteiger partial charge in [0.05, 0.1) is 12.6 Å². The van der Waals surface area contributed by atoms with E-state index < -0.39 is 0 Å². The molecule has 6 nitrogen and oxygen atoms in total. The highest BCUT2D eigenvalue weighted by atomic mass is 32.1. The van der Waals surface area contributed by atoms with Gasteiger partial charge in [0.1, 0.15) is 5.75 Å². The van der Waals surface area contributed by atoms with E-state index in [1.165, 1.54) is 0 Å². The molecule has 126 valence electrons. The summed E-state index contributed by atoms with van der Waals surface area (Å²) in [5, 5.41) is 6.19. The van der Waals surface area contributed by atoms with E-state index in [4.69, 9.17) is 4.74 Å². The fourth-order valence-electron chi connectivity index (χ4n) is 3.21. The smallest absolute Gasteiger partial charge is 0.318 e. The van der Waals surface area contributed by atoms with E-state index in [1.807, 2.05) is 40.7 Å². The Labute approximate surface area is 145 Å². The van der Waals surface area contributed by atoms with Crippen LogP contribution >= 0.6 is 11.3 Å². The molecule has 0 spiro atoms. The van der Waals surface area contributed by atoms with Crippen molar-refractivity contribution in [3.05, 3.63) is 41.4 Å². The summed E-state index contributed by atoms with van der Waals surface area (Å²) < 4.78 is 5.66. The summed E-state index contributed by atoms with van der Waals surface area (Å²) in [7, 11) is 0. The molecule has 0 unspecified atom stereocenters. The van der Waals surface area contributed by atoms with Crippen molar-refractivity contribution in [1.82, 2.24) is 15.2 Å². The van der Waals surface area contributed by atoms with E-state index in [0.717, 1.165) is 49.0 Å². The van der Waals surface area contributed by atoms with Gasteiger partial charge in [-0.1, -0.05) is 18.2 Å². The zero-order valence-electron chi connectivity index (χ0n) is 13.4. The summed E-state index contributed by atoms with van der Waals surface area (Å²) in [5.74, 6) is 0.877. The van der Waals surface area contributed by atoms with Crippen LogP contribution in [0.2, 0.25) is 0 Å². The first-order valence-electron chi connectivity index (χ1n) is 8.23. The molecule has 1 fully saturated rings. The summed E-state index contributed by atoms with van der Waals surface area (Å²) >= 11 is 1.64. The van der Waals surface area contributed by atoms with E-state index in [-0.39, 0.29) is 12.1 Å². The molecular weight excluding hydrogens is 324 g/mol. The average molecular weight is 344 g/mol. The SMILES string of the molecule is O=C(N[C@@H]1CCOc2ccccc21)N1CCN(c2nccs2)CC1. The van der Waals surface area contributed by atoms with Crippen molar-refractivity contribution in [2.45, 2.75) is 12.5 Å². The maximum absolute atomic E-state index is 12.6. The standard InChI is InChI=1S/C17H20N4O2S/c22-16(19-14-5-11-23-15-4-2-1-3-13(14)15)20-7-9-21(10-8-20)17-18-6-12-24-17/h1-4,6,12,14H,5,7-11H2,(H,19,22)/t14-/m1/s1. The number of carbonyl (C=O) groups is 1. The lowest BCUT2D eigenvalue weighted by Crippen LogP contribution is -2.52. The van der Waals surface area contributed by atoms with E-state index in [9.17, 15) is 4.79 Å². The number of urea groups is 1. The zero-order valence-corrected chi connectivity index (χ0v) is 14.2. The molecule has 1 atom stereocenters. The number of hydrogen-bond donors (Lipinski definition) is 1. The summed E-state index contributed by atoms with van der Waals surface area (Å²) in [6.07, 6.45) is 2.63. The van der Waals surface area contributed by atoms with Crippen molar-refractivity contribution in [3.63, 3.8) is 0 Å². The number of ether oxygens (including phenoxy) is 1. The van der Waals surface area contributed by atoms with Crippen molar-refractivity contribution in [2.24, 2.45) is 0 Å². The lowest BCUT2D eigenvalue weighted by molar-refractivity contribution is 0.183. The highest BCUT2D eigenvalue weighted by Crippen LogP contribution is 2.31. The van der Waals surface area contributed by atoms with Crippen LogP contribution in [0.15, 0.2) is 35.8 Å². The topological polar surface area (TPSA) is 57.7 Å². The van der Waals surface area contributed by atoms with Gasteiger partial charge in [0, 0.05) is 49.7 Å². The maximum atomic E-state index is 12.6. The number of nitrogens with one attached hydrogen (secondary N) is 1. The van der Waals surface area contributed by atoms with Crippen molar-refractivity contribution >= 4 is 22.5 Å². The lowest BCUT2D eigenvalue weighted by Gasteiger charge is -2.36. The summed E-state index contributed by atoms with van der Waals surface area (Å²) in [4.78, 5) is 21.1. The second-order valence-corrected chi connectivity index (χ2v) is 6.84. The first-order valence-corrected chi connectivity index (χ1v) is 9.11. The van der Waals surface area contributed by atoms with Crippen LogP contribution in [0.3, 0.4) is 0 Å². The van der Waals surface area contributed by atoms with Gasteiger partial charge in [-0.15, -0.1) is 11.3 Å². The van der Waals surface area contributed by atoms with E-state index in [1.54, 1.807) is 11.3 Å². The van der Waals surface area contributed by atoms with Crippen LogP contribution in [0.4, 0.5) is 9.93 Å². The summed E-state index contributed by atoms with van der Waals surface area (Å²) in [5.41, 5.74) is 1.07. The van der Waals surface area contributed by atoms with E-state index >= 15 is 0 Å². The molecule has 2 aromatic rings. The second kappa shape index (κ2) is 6.68. The number of nitrogens with zero attached hydrogens (tertiary/aromatic N) is 3. The molecule has 1 saturated heterocycles. The van der Waals surface area contributed by atoms with Crippen LogP contribution in [-0.2, 0) is 0 Å². The highest BCUT2D eigenvalue weighted by molar-refractivity contribution is 7.13. The molecule has 1 aromatic carbocycles. The molecule has 2 aliphatic heterocycles. The zero-order chi connectivity index (χ0) is 16.4. The molecule has 0 radical (unpaired) electrons. The van der Waals surface area contributed by atoms with Gasteiger partial charge in [0.15, 0.2) is 5.13 Å². The number of carbonyl (C=O) groups excluding carboxylic acids is 1. The first kappa shape index (κ1) is 15.3. The molecule has 1 aromatic heterocycles. The number of thiazole rings is 1. The van der Waals surface area contributed by atoms with Crippen LogP contribution in [0.5, 0.6) is 5.75 Å². The average Bonchev–Trinajstić information content (AvgIpc) is 3.17. The number of aromatic nitrogens is 1. The Balaban J connectivity index is 1.36. The van der Waals surface area contributed by atoms with Gasteiger partial charge >= 0.3 is 6.03 Å². The fraction of sp³-hybridized carbons (Fsp3) is 0.412. The third-order valence-electron chi connectivity index (χ3n) is 4.51. The fourth-order valence-corrected chi connectivity index (χ4v) is 3.90. The Kier molecular flexibility index (Phi) is 4.25. The maximum Gasteiger partial charge on any atom is 0.318 e. The predicted molar refractivity (Wildman–Crippen MR) is 93.7 cm³/mol. The lowest BCUT2D eigenvalue weighted by atomic mass is 10.0. The van der Waals surface area contributed by atoms with Gasteiger partial charge in [0.2, 0.25) is 0 Å². The van der Waals surface area contributed by atoms with Gasteiger partial charge in [-0.3, -0.25) is 0 Å². The Morgan fingerprint density at radius 3 is 2.88 bits per heavy atom. The number of rotatable bonds is 2. The molecular formula is C17H20N4O2S. The Morgan fingerprint density at radius 1 is 1.25 bits per heavy atom. The molecule has 0 saturated carbocycles. The Morgan fingerprint density at radius 2 is 2.08 bits per heavy atom. The number of piperazine rings is 1. The van der Waals surface area contributed by atoms with Crippen molar-refractivity contribution < 1.29 is 9.53 Å². The van der Waals surface area contributed by atoms with Gasteiger partial charge in [-0.25, -0.2) is 9.78 Å². The molecule has 24 heavy (non-hydrogen) atoms. The van der Waals surface area contributed by atoms with E-state index in [0.29, 0.717) is 6.61 Å². The van der Waals surface area contributed by atoms with Crippen LogP contribution < -0.4 is 15.0 Å². The van der Waals surface area contributed by atoms with Crippen molar-refractivity contribution in [3.8, 4) is 5.75 Å². The van der Waals surface area contributed by atoms with Crippen LogP contribution in [-0.4, -0.2) is 48.7 Å². The highest BCUT2D eigenvalue weighted by Gasteiger charge is 2.27. The van der Waals surface area contributed by atoms with Gasteiger partial charge in [0.25, 0.3) is 0 Å².